The van der Waals surface area contributed by atoms with E-state index in [9.17, 15) is 33.0 Å². The minimum atomic E-state index is -4.72. The summed E-state index contributed by atoms with van der Waals surface area (Å²) in [4.78, 5) is 0. The number of phenols is 2. The van der Waals surface area contributed by atoms with Gasteiger partial charge in [0.05, 0.1) is 11.8 Å². The molecule has 29 heavy (non-hydrogen) atoms. The predicted octanol–water partition coefficient (Wildman–Crippen LogP) is 5.24. The van der Waals surface area contributed by atoms with E-state index < -0.39 is 29.1 Å². The van der Waals surface area contributed by atoms with Crippen LogP contribution in [0.1, 0.15) is 33.6 Å². The molecule has 0 fully saturated rings. The Labute approximate surface area is 161 Å². The molecule has 0 saturated heterocycles. The maximum Gasteiger partial charge on any atom is 0.416 e. The molecule has 8 heteroatoms. The Bertz CT molecular complexity index is 1220. The van der Waals surface area contributed by atoms with Crippen molar-refractivity contribution in [2.45, 2.75) is 12.6 Å². The molecule has 0 atom stereocenters. The molecule has 0 radical (unpaired) electrons. The van der Waals surface area contributed by atoms with Gasteiger partial charge in [-0.05, 0) is 64.6 Å². The largest absolute Gasteiger partial charge is 0.508 e. The lowest BCUT2D eigenvalue weighted by Gasteiger charge is -2.14. The molecular formula is C21H11F4NO3. The molecule has 1 aliphatic rings. The summed E-state index contributed by atoms with van der Waals surface area (Å²) in [6, 6.07) is 8.56. The molecule has 146 valence electrons. The zero-order valence-electron chi connectivity index (χ0n) is 14.5. The molecule has 4 rings (SSSR count). The zero-order valence-corrected chi connectivity index (χ0v) is 14.5. The second kappa shape index (κ2) is 6.41. The number of benzene rings is 2. The third-order valence-corrected chi connectivity index (χ3v) is 4.80. The van der Waals surface area contributed by atoms with Crippen LogP contribution in [0.15, 0.2) is 47.1 Å². The Balaban J connectivity index is 2.05. The molecule has 1 aromatic heterocycles. The van der Waals surface area contributed by atoms with Gasteiger partial charge < -0.3 is 14.6 Å². The van der Waals surface area contributed by atoms with E-state index in [4.69, 9.17) is 4.42 Å². The minimum absolute atomic E-state index is 0.0821. The number of nitriles is 1. The maximum atomic E-state index is 13.9. The van der Waals surface area contributed by atoms with Gasteiger partial charge in [-0.3, -0.25) is 0 Å². The fourth-order valence-corrected chi connectivity index (χ4v) is 3.59. The van der Waals surface area contributed by atoms with Crippen molar-refractivity contribution >= 4 is 11.1 Å². The van der Waals surface area contributed by atoms with Crippen LogP contribution in [0.4, 0.5) is 17.6 Å². The molecule has 2 aromatic carbocycles. The molecule has 4 nitrogen and oxygen atoms in total. The summed E-state index contributed by atoms with van der Waals surface area (Å²) in [7, 11) is 0. The molecule has 0 amide bonds. The number of allylic oxidation sites excluding steroid dienone is 1. The van der Waals surface area contributed by atoms with Crippen LogP contribution in [-0.4, -0.2) is 10.2 Å². The molecule has 0 spiro atoms. The summed E-state index contributed by atoms with van der Waals surface area (Å²) in [5.74, 6) is -2.24. The SMILES string of the molecule is N#Cc1occc1C1=C(c2ccc(O)c(F)c2)Cc2c1cc(O)cc2C(F)(F)F. The lowest BCUT2D eigenvalue weighted by Crippen LogP contribution is -2.09. The number of nitrogens with zero attached hydrogens (tertiary/aromatic N) is 1. The summed E-state index contributed by atoms with van der Waals surface area (Å²) in [6.07, 6.45) is -3.71. The second-order valence-corrected chi connectivity index (χ2v) is 6.49. The van der Waals surface area contributed by atoms with E-state index in [2.05, 4.69) is 0 Å². The third kappa shape index (κ3) is 3.01. The molecule has 2 N–H and O–H groups in total. The molecule has 0 aliphatic heterocycles. The van der Waals surface area contributed by atoms with E-state index in [0.717, 1.165) is 12.1 Å². The van der Waals surface area contributed by atoms with Crippen molar-refractivity contribution in [3.8, 4) is 17.6 Å². The highest BCUT2D eigenvalue weighted by molar-refractivity contribution is 6.05. The Hall–Kier alpha value is -3.73. The first kappa shape index (κ1) is 18.6. The highest BCUT2D eigenvalue weighted by Gasteiger charge is 2.39. The van der Waals surface area contributed by atoms with Crippen molar-refractivity contribution < 1.29 is 32.2 Å². The minimum Gasteiger partial charge on any atom is -0.508 e. The standard InChI is InChI=1S/C21H11F4NO3/c22-17-5-10(1-2-18(17)28)13-8-14-15(6-11(27)7-16(14)21(23,24)25)20(13)12-3-4-29-19(12)9-26/h1-7,27-28H,8H2. The third-order valence-electron chi connectivity index (χ3n) is 4.80. The van der Waals surface area contributed by atoms with Crippen LogP contribution in [0, 0.1) is 17.1 Å². The van der Waals surface area contributed by atoms with Crippen molar-refractivity contribution in [2.24, 2.45) is 0 Å². The monoisotopic (exact) mass is 401 g/mol. The molecular weight excluding hydrogens is 390 g/mol. The van der Waals surface area contributed by atoms with Crippen molar-refractivity contribution in [3.05, 3.63) is 82.1 Å². The lowest BCUT2D eigenvalue weighted by atomic mass is 9.94. The van der Waals surface area contributed by atoms with Crippen LogP contribution in [-0.2, 0) is 12.6 Å². The van der Waals surface area contributed by atoms with E-state index in [1.807, 2.05) is 6.07 Å². The van der Waals surface area contributed by atoms with Gasteiger partial charge in [0, 0.05) is 5.56 Å². The van der Waals surface area contributed by atoms with E-state index in [1.54, 1.807) is 0 Å². The van der Waals surface area contributed by atoms with Gasteiger partial charge in [0.2, 0.25) is 5.76 Å². The maximum absolute atomic E-state index is 13.9. The highest BCUT2D eigenvalue weighted by atomic mass is 19.4. The van der Waals surface area contributed by atoms with Gasteiger partial charge in [-0.1, -0.05) is 6.07 Å². The van der Waals surface area contributed by atoms with Crippen LogP contribution < -0.4 is 0 Å². The van der Waals surface area contributed by atoms with Gasteiger partial charge in [0.25, 0.3) is 0 Å². The van der Waals surface area contributed by atoms with Crippen LogP contribution in [0.3, 0.4) is 0 Å². The van der Waals surface area contributed by atoms with Gasteiger partial charge in [0.1, 0.15) is 11.8 Å². The number of fused-ring (bicyclic) bond motifs is 1. The number of furan rings is 1. The lowest BCUT2D eigenvalue weighted by molar-refractivity contribution is -0.138. The van der Waals surface area contributed by atoms with Crippen LogP contribution in [0.25, 0.3) is 11.1 Å². The number of halogens is 4. The molecule has 3 aromatic rings. The molecule has 1 heterocycles. The zero-order chi connectivity index (χ0) is 20.9. The Kier molecular flexibility index (Phi) is 4.12. The quantitative estimate of drug-likeness (QED) is 0.576. The number of hydrogen-bond acceptors (Lipinski definition) is 4. The fourth-order valence-electron chi connectivity index (χ4n) is 3.59. The Morgan fingerprint density at radius 3 is 2.45 bits per heavy atom. The van der Waals surface area contributed by atoms with Crippen molar-refractivity contribution in [2.75, 3.05) is 0 Å². The Morgan fingerprint density at radius 2 is 1.79 bits per heavy atom. The summed E-state index contributed by atoms with van der Waals surface area (Å²) < 4.78 is 59.8. The summed E-state index contributed by atoms with van der Waals surface area (Å²) >= 11 is 0. The summed E-state index contributed by atoms with van der Waals surface area (Å²) in [5.41, 5.74) is -0.0128. The van der Waals surface area contributed by atoms with Gasteiger partial charge >= 0.3 is 6.18 Å². The number of hydrogen-bond donors (Lipinski definition) is 2. The number of rotatable bonds is 2. The van der Waals surface area contributed by atoms with Crippen molar-refractivity contribution in [1.82, 2.24) is 0 Å². The molecule has 0 unspecified atom stereocenters. The van der Waals surface area contributed by atoms with Crippen LogP contribution in [0.2, 0.25) is 0 Å². The summed E-state index contributed by atoms with van der Waals surface area (Å²) in [6.45, 7) is 0. The first-order valence-electron chi connectivity index (χ1n) is 8.34. The second-order valence-electron chi connectivity index (χ2n) is 6.49. The number of aromatic hydroxyl groups is 2. The average Bonchev–Trinajstić information content (AvgIpc) is 3.26. The molecule has 0 bridgehead atoms. The van der Waals surface area contributed by atoms with E-state index >= 15 is 0 Å². The average molecular weight is 401 g/mol. The fraction of sp³-hybridized carbons (Fsp3) is 0.0952. The van der Waals surface area contributed by atoms with E-state index in [0.29, 0.717) is 11.6 Å². The van der Waals surface area contributed by atoms with Gasteiger partial charge in [-0.15, -0.1) is 0 Å². The smallest absolute Gasteiger partial charge is 0.416 e. The van der Waals surface area contributed by atoms with Crippen molar-refractivity contribution in [1.29, 1.82) is 5.26 Å². The van der Waals surface area contributed by atoms with E-state index in [1.165, 1.54) is 24.5 Å². The highest BCUT2D eigenvalue weighted by Crippen LogP contribution is 2.49. The van der Waals surface area contributed by atoms with Gasteiger partial charge in [-0.2, -0.15) is 18.4 Å². The van der Waals surface area contributed by atoms with Crippen molar-refractivity contribution in [3.63, 3.8) is 0 Å². The first-order chi connectivity index (χ1) is 13.7. The van der Waals surface area contributed by atoms with E-state index in [-0.39, 0.29) is 40.0 Å². The summed E-state index contributed by atoms with van der Waals surface area (Å²) in [5, 5.41) is 28.7. The topological polar surface area (TPSA) is 77.4 Å². The van der Waals surface area contributed by atoms with Gasteiger partial charge in [-0.25, -0.2) is 4.39 Å². The van der Waals surface area contributed by atoms with Crippen LogP contribution in [0.5, 0.6) is 11.5 Å². The number of alkyl halides is 3. The molecule has 0 saturated carbocycles. The predicted molar refractivity (Wildman–Crippen MR) is 94.2 cm³/mol. The first-order valence-corrected chi connectivity index (χ1v) is 8.34. The number of phenolic OH excluding ortho intramolecular Hbond substituents is 2. The normalized spacial score (nSPS) is 13.5. The Morgan fingerprint density at radius 1 is 1.03 bits per heavy atom. The van der Waals surface area contributed by atoms with Crippen LogP contribution >= 0.6 is 0 Å². The van der Waals surface area contributed by atoms with Gasteiger partial charge in [0.15, 0.2) is 11.6 Å². The molecule has 1 aliphatic carbocycles.